The van der Waals surface area contributed by atoms with Gasteiger partial charge < -0.3 is 24.2 Å². The van der Waals surface area contributed by atoms with Crippen LogP contribution in [0.25, 0.3) is 85.7 Å². The maximum absolute atomic E-state index is 11.8. The molecule has 13 heteroatoms. The molecule has 0 radical (unpaired) electrons. The van der Waals surface area contributed by atoms with Crippen LogP contribution in [-0.4, -0.2) is 49.7 Å². The van der Waals surface area contributed by atoms with Crippen LogP contribution in [0.3, 0.4) is 0 Å². The number of azide groups is 2. The molecule has 3 aliphatic rings. The first-order valence-electron chi connectivity index (χ1n) is 38.0. The Morgan fingerprint density at radius 3 is 1.43 bits per heavy atom. The zero-order chi connectivity index (χ0) is 75.6. The summed E-state index contributed by atoms with van der Waals surface area (Å²) < 4.78 is 19.7. The van der Waals surface area contributed by atoms with E-state index in [0.717, 1.165) is 135 Å². The highest BCUT2D eigenvalue weighted by Gasteiger charge is 2.39. The van der Waals surface area contributed by atoms with Gasteiger partial charge in [-0.2, -0.15) is 0 Å². The summed E-state index contributed by atoms with van der Waals surface area (Å²) in [5.74, 6) is 2.57. The predicted octanol–water partition coefficient (Wildman–Crippen LogP) is 25.8. The second-order valence-corrected chi connectivity index (χ2v) is 31.5. The molecule has 0 atom stereocenters. The van der Waals surface area contributed by atoms with Crippen molar-refractivity contribution in [3.8, 4) is 39.5 Å². The Labute approximate surface area is 632 Å². The molecule has 0 unspecified atom stereocenters. The van der Waals surface area contributed by atoms with Crippen molar-refractivity contribution in [1.29, 1.82) is 0 Å². The van der Waals surface area contributed by atoms with Crippen LogP contribution < -0.4 is 19.1 Å². The molecule has 0 saturated carbocycles. The average molecular weight is 1420 g/mol. The molecule has 1 aliphatic heterocycles. The molecular formula is C94H100N8O5. The molecule has 0 saturated heterocycles. The Morgan fingerprint density at radius 1 is 0.449 bits per heavy atom. The number of fused-ring (bicyclic) bond motifs is 7. The number of unbranched alkanes of at least 4 members (excludes halogenated alkanes) is 2. The lowest BCUT2D eigenvalue weighted by Crippen LogP contribution is -2.24. The van der Waals surface area contributed by atoms with E-state index in [1.165, 1.54) is 55.6 Å². The summed E-state index contributed by atoms with van der Waals surface area (Å²) in [7, 11) is 0. The number of carboxylic acid groups (broad SMARTS) is 1. The molecule has 13 nitrogen and oxygen atoms in total. The Balaban J connectivity index is 0.807. The summed E-state index contributed by atoms with van der Waals surface area (Å²) in [6.07, 6.45) is 23.3. The van der Waals surface area contributed by atoms with Gasteiger partial charge in [0.15, 0.2) is 0 Å². The fourth-order valence-electron chi connectivity index (χ4n) is 14.8. The molecular weight excluding hydrogens is 1320 g/mol. The van der Waals surface area contributed by atoms with Crippen LogP contribution in [0.5, 0.6) is 17.2 Å². The van der Waals surface area contributed by atoms with Crippen LogP contribution in [0.2, 0.25) is 0 Å². The minimum atomic E-state index is -0.951. The van der Waals surface area contributed by atoms with E-state index in [9.17, 15) is 9.90 Å². The first-order chi connectivity index (χ1) is 51.5. The summed E-state index contributed by atoms with van der Waals surface area (Å²) >= 11 is 0. The van der Waals surface area contributed by atoms with Crippen molar-refractivity contribution < 1.29 is 24.1 Å². The van der Waals surface area contributed by atoms with Crippen LogP contribution in [0, 0.1) is 17.8 Å². The first-order valence-corrected chi connectivity index (χ1v) is 38.0. The number of anilines is 3. The Bertz CT molecular complexity index is 5050. The third-order valence-corrected chi connectivity index (χ3v) is 21.0. The van der Waals surface area contributed by atoms with Crippen LogP contribution in [0.4, 0.5) is 22.7 Å². The molecule has 546 valence electrons. The van der Waals surface area contributed by atoms with E-state index in [2.05, 4.69) is 296 Å². The van der Waals surface area contributed by atoms with Crippen LogP contribution in [-0.2, 0) is 29.1 Å². The molecule has 0 aromatic heterocycles. The van der Waals surface area contributed by atoms with Gasteiger partial charge in [0.2, 0.25) is 0 Å². The number of nitrogens with zero attached hydrogens (tertiary/aromatic N) is 8. The van der Waals surface area contributed by atoms with Gasteiger partial charge in [0.05, 0.1) is 36.8 Å². The highest BCUT2D eigenvalue weighted by molar-refractivity contribution is 6.11. The highest BCUT2D eigenvalue weighted by Crippen LogP contribution is 2.54. The first kappa shape index (κ1) is 75.6. The number of rotatable bonds is 32. The van der Waals surface area contributed by atoms with Crippen LogP contribution >= 0.6 is 0 Å². The monoisotopic (exact) mass is 1420 g/mol. The molecule has 9 aromatic rings. The lowest BCUT2D eigenvalue weighted by Gasteiger charge is -2.29. The van der Waals surface area contributed by atoms with Crippen molar-refractivity contribution >= 4 is 77.0 Å². The van der Waals surface area contributed by atoms with Crippen molar-refractivity contribution in [2.24, 2.45) is 33.0 Å². The van der Waals surface area contributed by atoms with E-state index in [-0.39, 0.29) is 16.4 Å². The number of hydrogen-bond acceptors (Lipinski definition) is 8. The van der Waals surface area contributed by atoms with Crippen molar-refractivity contribution in [3.63, 3.8) is 0 Å². The zero-order valence-corrected chi connectivity index (χ0v) is 64.2. The molecule has 12 rings (SSSR count). The highest BCUT2D eigenvalue weighted by atomic mass is 16.5. The molecule has 0 fully saturated rings. The van der Waals surface area contributed by atoms with Crippen LogP contribution in [0.1, 0.15) is 203 Å². The molecule has 1 heterocycles. The van der Waals surface area contributed by atoms with Gasteiger partial charge in [0, 0.05) is 72.9 Å². The predicted molar refractivity (Wildman–Crippen MR) is 444 cm³/mol. The number of carboxylic acids is 1. The Kier molecular flexibility index (Phi) is 23.4. The van der Waals surface area contributed by atoms with Crippen molar-refractivity contribution in [3.05, 3.63) is 280 Å². The SMILES string of the molecule is CC(C)CCOc1cc(C=Cc2ccc(C=Cc3ccc(C=CC4=Nc5ccc(C(=O)O)cc5C4(C)C)cc3OCC(C)C)cc2OCC(C)C)ccc1C=Cc1ccc(N(c2ccc3c(c2)-c2ccc(CCCCN=[N+]=[N-])cc2C3(C)C)c2ccc3c(c2)C(C)(C)c2cc(CCCCN=[N+]=[N-])ccc2-3)cc1. The molecule has 2 aliphatic carbocycles. The van der Waals surface area contributed by atoms with E-state index in [4.69, 9.17) is 30.3 Å². The van der Waals surface area contributed by atoms with Gasteiger partial charge in [-0.25, -0.2) is 4.79 Å². The van der Waals surface area contributed by atoms with Crippen molar-refractivity contribution in [2.45, 2.75) is 144 Å². The zero-order valence-electron chi connectivity index (χ0n) is 64.2. The minimum Gasteiger partial charge on any atom is -0.493 e. The van der Waals surface area contributed by atoms with E-state index in [1.807, 2.05) is 12.2 Å². The largest absolute Gasteiger partial charge is 0.493 e. The van der Waals surface area contributed by atoms with E-state index in [1.54, 1.807) is 18.2 Å². The fraction of sp³-hybridized carbons (Fsp3) is 0.319. The van der Waals surface area contributed by atoms with Gasteiger partial charge >= 0.3 is 5.97 Å². The van der Waals surface area contributed by atoms with Gasteiger partial charge in [0.1, 0.15) is 17.2 Å². The molecule has 0 spiro atoms. The quantitative estimate of drug-likeness (QED) is 0.0144. The number of allylic oxidation sites excluding steroid dienone is 1. The standard InChI is InChI=1S/C94H100N8O5/c1-61(2)47-50-105-87-53-67(21-32-71-33-22-68(54-88(71)106-59-62(3)4)23-34-72-35-24-69(55-89(72)107-60-63(5)6)29-46-90-94(11,12)85-56-73(91(103)104)36-45-86(85)99-90)20-31-70(87)30-19-64-25-37-74(38-26-64)102(75-40-44-81-80(57-75)79-42-28-66(18-14-16-49-98-101-96)52-83(79)92(81,7)8)76-39-43-78-77-41-27-65(17-13-15-48-97-100-95)51-82(77)93(9,10)84(78)58-76/h19-46,51-58,61-63H,13-18,47-50,59-60H2,1-12H3,(H,103,104). The molecule has 1 N–H and O–H groups in total. The Hall–Kier alpha value is -11.1. The number of aliphatic imine (C=N–C) groups is 1. The minimum absolute atomic E-state index is 0.194. The van der Waals surface area contributed by atoms with E-state index in [0.29, 0.717) is 50.7 Å². The number of hydrogen-bond donors (Lipinski definition) is 1. The summed E-state index contributed by atoms with van der Waals surface area (Å²) in [4.78, 5) is 25.0. The van der Waals surface area contributed by atoms with E-state index >= 15 is 0 Å². The topological polar surface area (TPSA) is 178 Å². The lowest BCUT2D eigenvalue weighted by atomic mass is 9.80. The Morgan fingerprint density at radius 2 is 0.907 bits per heavy atom. The number of ether oxygens (including phenoxy) is 3. The second kappa shape index (κ2) is 33.1. The maximum atomic E-state index is 11.8. The molecule has 9 aromatic carbocycles. The normalized spacial score (nSPS) is 14.1. The smallest absolute Gasteiger partial charge is 0.335 e. The third kappa shape index (κ3) is 17.4. The number of aromatic carboxylic acids is 1. The van der Waals surface area contributed by atoms with Gasteiger partial charge in [-0.1, -0.05) is 233 Å². The lowest BCUT2D eigenvalue weighted by molar-refractivity contribution is 0.0696. The molecule has 0 bridgehead atoms. The number of carbonyl (C=O) groups is 1. The molecule has 107 heavy (non-hydrogen) atoms. The van der Waals surface area contributed by atoms with Gasteiger partial charge in [-0.15, -0.1) is 0 Å². The molecule has 0 amide bonds. The summed E-state index contributed by atoms with van der Waals surface area (Å²) in [5, 5.41) is 17.2. The number of benzene rings is 9. The fourth-order valence-corrected chi connectivity index (χ4v) is 14.8. The average Bonchev–Trinajstić information content (AvgIpc) is 1.58. The summed E-state index contributed by atoms with van der Waals surface area (Å²) in [6.45, 7) is 29.4. The second-order valence-electron chi connectivity index (χ2n) is 31.5. The summed E-state index contributed by atoms with van der Waals surface area (Å²) in [5.41, 5.74) is 42.7. The van der Waals surface area contributed by atoms with Crippen molar-refractivity contribution in [2.75, 3.05) is 37.8 Å². The number of aryl methyl sites for hydroxylation is 2. The van der Waals surface area contributed by atoms with Crippen LogP contribution in [0.15, 0.2) is 191 Å². The van der Waals surface area contributed by atoms with Crippen molar-refractivity contribution in [1.82, 2.24) is 0 Å². The third-order valence-electron chi connectivity index (χ3n) is 21.0. The van der Waals surface area contributed by atoms with E-state index < -0.39 is 11.4 Å². The van der Waals surface area contributed by atoms with Gasteiger partial charge in [-0.05, 0) is 236 Å². The van der Waals surface area contributed by atoms with Gasteiger partial charge in [-0.3, -0.25) is 4.99 Å². The van der Waals surface area contributed by atoms with Gasteiger partial charge in [0.25, 0.3) is 0 Å². The maximum Gasteiger partial charge on any atom is 0.335 e. The summed E-state index contributed by atoms with van der Waals surface area (Å²) in [6, 6.07) is 61.1.